The quantitative estimate of drug-likeness (QED) is 0.549. The Morgan fingerprint density at radius 1 is 1.56 bits per heavy atom. The minimum absolute atomic E-state index is 0.192. The maximum Gasteiger partial charge on any atom is 0.0760 e. The van der Waals surface area contributed by atoms with Gasteiger partial charge in [0.15, 0.2) is 0 Å². The normalized spacial score (nSPS) is 29.0. The van der Waals surface area contributed by atoms with Crippen LogP contribution in [-0.2, 0) is 0 Å². The first-order valence-corrected chi connectivity index (χ1v) is 3.49. The van der Waals surface area contributed by atoms with E-state index in [4.69, 9.17) is 0 Å². The highest BCUT2D eigenvalue weighted by molar-refractivity contribution is 4.87. The molecule has 1 radical (unpaired) electrons. The van der Waals surface area contributed by atoms with Crippen LogP contribution in [0.2, 0.25) is 0 Å². The molecule has 2 nitrogen and oxygen atoms in total. The molecular formula is C7H14NO. The molecule has 0 saturated carbocycles. The molecule has 1 aliphatic rings. The number of hydrogen-bond donors (Lipinski definition) is 1. The van der Waals surface area contributed by atoms with E-state index in [1.54, 1.807) is 0 Å². The molecule has 1 fully saturated rings. The first-order chi connectivity index (χ1) is 4.11. The molecule has 1 saturated heterocycles. The van der Waals surface area contributed by atoms with Crippen LogP contribution in [0, 0.1) is 0 Å². The molecule has 1 N–H and O–H groups in total. The lowest BCUT2D eigenvalue weighted by Gasteiger charge is -2.23. The maximum atomic E-state index is 9.42. The summed E-state index contributed by atoms with van der Waals surface area (Å²) < 4.78 is 0. The van der Waals surface area contributed by atoms with Crippen LogP contribution < -0.4 is 5.32 Å². The van der Waals surface area contributed by atoms with Crippen LogP contribution in [0.25, 0.3) is 0 Å². The third kappa shape index (κ3) is 1.66. The molecule has 0 aliphatic carbocycles. The zero-order valence-corrected chi connectivity index (χ0v) is 6.09. The van der Waals surface area contributed by atoms with Gasteiger partial charge in [-0.05, 0) is 26.7 Å². The van der Waals surface area contributed by atoms with Gasteiger partial charge in [0.25, 0.3) is 0 Å². The summed E-state index contributed by atoms with van der Waals surface area (Å²) in [5.74, 6) is 0. The van der Waals surface area contributed by atoms with Crippen molar-refractivity contribution in [1.29, 1.82) is 0 Å². The van der Waals surface area contributed by atoms with Crippen LogP contribution in [0.3, 0.4) is 0 Å². The molecule has 0 amide bonds. The number of aliphatic hydroxyl groups is 1. The van der Waals surface area contributed by atoms with E-state index in [1.807, 2.05) is 13.8 Å². The maximum absolute atomic E-state index is 9.42. The first kappa shape index (κ1) is 7.03. The summed E-state index contributed by atoms with van der Waals surface area (Å²) in [4.78, 5) is 0. The van der Waals surface area contributed by atoms with Crippen molar-refractivity contribution in [2.45, 2.75) is 38.3 Å². The van der Waals surface area contributed by atoms with Gasteiger partial charge in [0.05, 0.1) is 11.6 Å². The molecule has 0 unspecified atom stereocenters. The summed E-state index contributed by atoms with van der Waals surface area (Å²) in [5, 5.41) is 13.7. The van der Waals surface area contributed by atoms with E-state index in [1.165, 1.54) is 0 Å². The van der Waals surface area contributed by atoms with Crippen molar-refractivity contribution in [2.24, 2.45) is 0 Å². The fourth-order valence-electron chi connectivity index (χ4n) is 1.20. The molecule has 0 bridgehead atoms. The summed E-state index contributed by atoms with van der Waals surface area (Å²) in [5.41, 5.74) is -0.587. The fourth-order valence-corrected chi connectivity index (χ4v) is 1.20. The Labute approximate surface area is 56.3 Å². The summed E-state index contributed by atoms with van der Waals surface area (Å²) in [6.07, 6.45) is 2.21. The topological polar surface area (TPSA) is 34.3 Å². The lowest BCUT2D eigenvalue weighted by molar-refractivity contribution is 0.0437. The largest absolute Gasteiger partial charge is 0.389 e. The van der Waals surface area contributed by atoms with Crippen LogP contribution in [0.15, 0.2) is 0 Å². The van der Waals surface area contributed by atoms with Crippen molar-refractivity contribution in [3.05, 3.63) is 0 Å². The third-order valence-electron chi connectivity index (χ3n) is 1.80. The zero-order chi connectivity index (χ0) is 6.91. The molecule has 9 heavy (non-hydrogen) atoms. The highest BCUT2D eigenvalue weighted by Crippen LogP contribution is 2.18. The molecule has 53 valence electrons. The average Bonchev–Trinajstić information content (AvgIpc) is 2.08. The Kier molecular flexibility index (Phi) is 1.78. The van der Waals surface area contributed by atoms with Crippen molar-refractivity contribution in [1.82, 2.24) is 5.32 Å². The first-order valence-electron chi connectivity index (χ1n) is 3.49. The van der Waals surface area contributed by atoms with Crippen LogP contribution in [0.4, 0.5) is 0 Å². The standard InChI is InChI=1S/C7H14NO/c1-7(2,9)6-4-3-5-8-6/h6,9H,3-5H2,1-2H3/t6-/m1/s1. The molecule has 1 rings (SSSR count). The molecular weight excluding hydrogens is 114 g/mol. The second-order valence-electron chi connectivity index (χ2n) is 3.22. The second-order valence-corrected chi connectivity index (χ2v) is 3.22. The van der Waals surface area contributed by atoms with Crippen LogP contribution in [0.1, 0.15) is 26.7 Å². The van der Waals surface area contributed by atoms with Gasteiger partial charge >= 0.3 is 0 Å². The van der Waals surface area contributed by atoms with E-state index >= 15 is 0 Å². The van der Waals surface area contributed by atoms with Crippen molar-refractivity contribution in [2.75, 3.05) is 6.54 Å². The van der Waals surface area contributed by atoms with Gasteiger partial charge in [0.1, 0.15) is 0 Å². The molecule has 0 aromatic carbocycles. The fraction of sp³-hybridized carbons (Fsp3) is 1.00. The lowest BCUT2D eigenvalue weighted by Crippen LogP contribution is -2.39. The summed E-state index contributed by atoms with van der Waals surface area (Å²) in [6, 6.07) is 0.192. The van der Waals surface area contributed by atoms with Crippen molar-refractivity contribution >= 4 is 0 Å². The van der Waals surface area contributed by atoms with Crippen LogP contribution in [-0.4, -0.2) is 23.3 Å². The molecule has 2 heteroatoms. The Morgan fingerprint density at radius 3 is 2.44 bits per heavy atom. The van der Waals surface area contributed by atoms with E-state index in [0.29, 0.717) is 0 Å². The minimum Gasteiger partial charge on any atom is -0.389 e. The van der Waals surface area contributed by atoms with Gasteiger partial charge in [0.2, 0.25) is 0 Å². The van der Waals surface area contributed by atoms with Crippen molar-refractivity contribution in [3.63, 3.8) is 0 Å². The smallest absolute Gasteiger partial charge is 0.0760 e. The second kappa shape index (κ2) is 2.27. The SMILES string of the molecule is CC(C)(O)[C@H]1CCC[N]1. The molecule has 1 aliphatic heterocycles. The van der Waals surface area contributed by atoms with Crippen LogP contribution >= 0.6 is 0 Å². The van der Waals surface area contributed by atoms with Gasteiger partial charge in [-0.25, -0.2) is 5.32 Å². The van der Waals surface area contributed by atoms with E-state index in [9.17, 15) is 5.11 Å². The third-order valence-corrected chi connectivity index (χ3v) is 1.80. The van der Waals surface area contributed by atoms with Gasteiger partial charge in [-0.15, -0.1) is 0 Å². The molecule has 0 spiro atoms. The summed E-state index contributed by atoms with van der Waals surface area (Å²) in [7, 11) is 0. The molecule has 1 heterocycles. The highest BCUT2D eigenvalue weighted by Gasteiger charge is 2.29. The number of nitrogens with zero attached hydrogens (tertiary/aromatic N) is 1. The zero-order valence-electron chi connectivity index (χ0n) is 6.09. The number of rotatable bonds is 1. The van der Waals surface area contributed by atoms with Crippen molar-refractivity contribution < 1.29 is 5.11 Å². The molecule has 0 aromatic rings. The van der Waals surface area contributed by atoms with Crippen LogP contribution in [0.5, 0.6) is 0 Å². The monoisotopic (exact) mass is 128 g/mol. The van der Waals surface area contributed by atoms with Gasteiger partial charge in [-0.3, -0.25) is 0 Å². The number of hydrogen-bond acceptors (Lipinski definition) is 1. The molecule has 1 atom stereocenters. The summed E-state index contributed by atoms with van der Waals surface area (Å²) >= 11 is 0. The molecule has 0 aromatic heterocycles. The Bertz CT molecular complexity index is 89.6. The predicted octanol–water partition coefficient (Wildman–Crippen LogP) is 0.524. The van der Waals surface area contributed by atoms with E-state index in [0.717, 1.165) is 19.4 Å². The lowest BCUT2D eigenvalue weighted by atomic mass is 9.98. The van der Waals surface area contributed by atoms with Crippen molar-refractivity contribution in [3.8, 4) is 0 Å². The highest BCUT2D eigenvalue weighted by atomic mass is 16.3. The van der Waals surface area contributed by atoms with E-state index in [2.05, 4.69) is 5.32 Å². The Hall–Kier alpha value is -0.0800. The van der Waals surface area contributed by atoms with Gasteiger partial charge in [0, 0.05) is 6.54 Å². The van der Waals surface area contributed by atoms with Gasteiger partial charge < -0.3 is 5.11 Å². The van der Waals surface area contributed by atoms with E-state index in [-0.39, 0.29) is 6.04 Å². The Balaban J connectivity index is 2.42. The minimum atomic E-state index is -0.587. The van der Waals surface area contributed by atoms with Gasteiger partial charge in [-0.1, -0.05) is 0 Å². The van der Waals surface area contributed by atoms with Gasteiger partial charge in [-0.2, -0.15) is 0 Å². The average molecular weight is 128 g/mol. The predicted molar refractivity (Wildman–Crippen MR) is 36.3 cm³/mol. The Morgan fingerprint density at radius 2 is 2.22 bits per heavy atom. The van der Waals surface area contributed by atoms with E-state index < -0.39 is 5.60 Å². The summed E-state index contributed by atoms with van der Waals surface area (Å²) in [6.45, 7) is 4.59.